The molecule has 0 atom stereocenters. The van der Waals surface area contributed by atoms with Crippen LogP contribution in [-0.2, 0) is 0 Å². The molecule has 5 heteroatoms. The Morgan fingerprint density at radius 3 is 2.24 bits per heavy atom. The van der Waals surface area contributed by atoms with Crippen molar-refractivity contribution in [2.75, 3.05) is 13.2 Å². The zero-order valence-corrected chi connectivity index (χ0v) is 14.5. The Labute approximate surface area is 129 Å². The molecule has 0 unspecified atom stereocenters. The van der Waals surface area contributed by atoms with Crippen LogP contribution < -0.4 is 16.0 Å². The summed E-state index contributed by atoms with van der Waals surface area (Å²) in [5.74, 6) is 0. The van der Waals surface area contributed by atoms with E-state index in [0.717, 1.165) is 12.8 Å². The van der Waals surface area contributed by atoms with E-state index in [1.54, 1.807) is 0 Å². The van der Waals surface area contributed by atoms with Crippen LogP contribution in [0, 0.1) is 5.41 Å². The van der Waals surface area contributed by atoms with Crippen molar-refractivity contribution in [1.82, 2.24) is 16.0 Å². The number of nitrogens with one attached hydrogen (secondary N) is 3. The highest BCUT2D eigenvalue weighted by Crippen LogP contribution is 2.28. The summed E-state index contributed by atoms with van der Waals surface area (Å²) in [5, 5.41) is 18.6. The molecule has 0 radical (unpaired) electrons. The molecular weight excluding hydrogens is 266 g/mol. The van der Waals surface area contributed by atoms with Gasteiger partial charge in [0, 0.05) is 30.3 Å². The fourth-order valence-electron chi connectivity index (χ4n) is 3.37. The second-order valence-corrected chi connectivity index (χ2v) is 8.46. The van der Waals surface area contributed by atoms with Crippen molar-refractivity contribution in [3.8, 4) is 0 Å². The Balaban J connectivity index is 2.47. The molecule has 21 heavy (non-hydrogen) atoms. The van der Waals surface area contributed by atoms with Crippen molar-refractivity contribution in [2.45, 2.75) is 77.9 Å². The second-order valence-electron chi connectivity index (χ2n) is 8.46. The van der Waals surface area contributed by atoms with Crippen LogP contribution in [0.1, 0.15) is 60.8 Å². The summed E-state index contributed by atoms with van der Waals surface area (Å²) in [6.07, 6.45) is 2.52. The number of carbonyl (C=O) groups is 1. The Hall–Kier alpha value is -0.810. The molecule has 1 fully saturated rings. The molecule has 2 amide bonds. The number of aliphatic hydroxyl groups is 1. The summed E-state index contributed by atoms with van der Waals surface area (Å²) in [4.78, 5) is 12.1. The maximum atomic E-state index is 12.1. The molecule has 0 aromatic heterocycles. The number of aliphatic hydroxyl groups excluding tert-OH is 1. The highest BCUT2D eigenvalue weighted by atomic mass is 16.3. The minimum atomic E-state index is -0.112. The van der Waals surface area contributed by atoms with Crippen molar-refractivity contribution in [1.29, 1.82) is 0 Å². The second kappa shape index (κ2) is 6.53. The third-order valence-corrected chi connectivity index (χ3v) is 4.04. The Morgan fingerprint density at radius 2 is 1.76 bits per heavy atom. The molecule has 1 heterocycles. The molecule has 0 aliphatic carbocycles. The van der Waals surface area contributed by atoms with Crippen LogP contribution in [0.25, 0.3) is 0 Å². The van der Waals surface area contributed by atoms with Gasteiger partial charge in [-0.05, 0) is 52.4 Å². The van der Waals surface area contributed by atoms with Crippen LogP contribution in [0.2, 0.25) is 0 Å². The first kappa shape index (κ1) is 18.2. The molecule has 4 N–H and O–H groups in total. The first-order chi connectivity index (χ1) is 9.45. The number of hydrogen-bond acceptors (Lipinski definition) is 3. The first-order valence-corrected chi connectivity index (χ1v) is 7.89. The minimum Gasteiger partial charge on any atom is -0.396 e. The molecule has 0 bridgehead atoms. The van der Waals surface area contributed by atoms with Crippen LogP contribution in [-0.4, -0.2) is 41.4 Å². The van der Waals surface area contributed by atoms with E-state index < -0.39 is 0 Å². The molecule has 0 saturated carbocycles. The Bertz CT molecular complexity index is 349. The van der Waals surface area contributed by atoms with Crippen molar-refractivity contribution in [3.63, 3.8) is 0 Å². The molecule has 1 aliphatic heterocycles. The Kier molecular flexibility index (Phi) is 5.67. The van der Waals surface area contributed by atoms with Crippen molar-refractivity contribution < 1.29 is 9.90 Å². The van der Waals surface area contributed by atoms with Gasteiger partial charge >= 0.3 is 6.03 Å². The van der Waals surface area contributed by atoms with Crippen molar-refractivity contribution >= 4 is 6.03 Å². The zero-order chi connectivity index (χ0) is 16.3. The van der Waals surface area contributed by atoms with Gasteiger partial charge in [0.25, 0.3) is 0 Å². The van der Waals surface area contributed by atoms with E-state index in [9.17, 15) is 4.79 Å². The van der Waals surface area contributed by atoms with Crippen molar-refractivity contribution in [2.24, 2.45) is 5.41 Å². The standard InChI is InChI=1S/C16H33N3O2/c1-14(2,7-8-20)11-17-13(21)18-12-9-15(3,4)19-16(5,6)10-12/h12,19-20H,7-11H2,1-6H3,(H2,17,18,21). The lowest BCUT2D eigenvalue weighted by Gasteiger charge is -2.46. The smallest absolute Gasteiger partial charge is 0.315 e. The van der Waals surface area contributed by atoms with Gasteiger partial charge in [0.05, 0.1) is 0 Å². The molecular formula is C16H33N3O2. The van der Waals surface area contributed by atoms with Gasteiger partial charge in [-0.15, -0.1) is 0 Å². The number of amides is 2. The third-order valence-electron chi connectivity index (χ3n) is 4.04. The van der Waals surface area contributed by atoms with E-state index in [4.69, 9.17) is 5.11 Å². The monoisotopic (exact) mass is 299 g/mol. The number of urea groups is 1. The molecule has 0 aromatic carbocycles. The molecule has 5 nitrogen and oxygen atoms in total. The van der Waals surface area contributed by atoms with Crippen LogP contribution in [0.15, 0.2) is 0 Å². The predicted octanol–water partition coefficient (Wildman–Crippen LogP) is 2.00. The van der Waals surface area contributed by atoms with Crippen LogP contribution in [0.5, 0.6) is 0 Å². The highest BCUT2D eigenvalue weighted by Gasteiger charge is 2.38. The van der Waals surface area contributed by atoms with E-state index in [1.165, 1.54) is 0 Å². The van der Waals surface area contributed by atoms with Gasteiger partial charge in [0.1, 0.15) is 0 Å². The third kappa shape index (κ3) is 6.66. The molecule has 1 aliphatic rings. The normalized spacial score (nSPS) is 21.9. The quantitative estimate of drug-likeness (QED) is 0.627. The first-order valence-electron chi connectivity index (χ1n) is 7.89. The minimum absolute atomic E-state index is 0.0237. The highest BCUT2D eigenvalue weighted by molar-refractivity contribution is 5.74. The van der Waals surface area contributed by atoms with Crippen LogP contribution in [0.4, 0.5) is 4.79 Å². The van der Waals surface area contributed by atoms with Crippen LogP contribution in [0.3, 0.4) is 0 Å². The van der Waals surface area contributed by atoms with E-state index in [2.05, 4.69) is 43.6 Å². The van der Waals surface area contributed by atoms with Gasteiger partial charge in [0.15, 0.2) is 0 Å². The van der Waals surface area contributed by atoms with Gasteiger partial charge in [-0.25, -0.2) is 4.79 Å². The predicted molar refractivity (Wildman–Crippen MR) is 86.3 cm³/mol. The fourth-order valence-corrected chi connectivity index (χ4v) is 3.37. The van der Waals surface area contributed by atoms with E-state index in [-0.39, 0.29) is 35.2 Å². The van der Waals surface area contributed by atoms with Gasteiger partial charge in [0.2, 0.25) is 0 Å². The van der Waals surface area contributed by atoms with E-state index in [1.807, 2.05) is 13.8 Å². The zero-order valence-electron chi connectivity index (χ0n) is 14.5. The average molecular weight is 299 g/mol. The Morgan fingerprint density at radius 1 is 1.24 bits per heavy atom. The summed E-state index contributed by atoms with van der Waals surface area (Å²) in [7, 11) is 0. The van der Waals surface area contributed by atoms with E-state index >= 15 is 0 Å². The van der Waals surface area contributed by atoms with Crippen molar-refractivity contribution in [3.05, 3.63) is 0 Å². The van der Waals surface area contributed by atoms with Gasteiger partial charge < -0.3 is 21.1 Å². The van der Waals surface area contributed by atoms with Gasteiger partial charge in [-0.3, -0.25) is 0 Å². The summed E-state index contributed by atoms with van der Waals surface area (Å²) in [6.45, 7) is 13.5. The fraction of sp³-hybridized carbons (Fsp3) is 0.938. The molecule has 124 valence electrons. The van der Waals surface area contributed by atoms with Crippen LogP contribution >= 0.6 is 0 Å². The average Bonchev–Trinajstić information content (AvgIpc) is 2.21. The summed E-state index contributed by atoms with van der Waals surface area (Å²) in [6, 6.07) is 0.0664. The molecule has 1 saturated heterocycles. The summed E-state index contributed by atoms with van der Waals surface area (Å²) < 4.78 is 0. The maximum Gasteiger partial charge on any atom is 0.315 e. The molecule has 0 aromatic rings. The number of rotatable bonds is 5. The lowest BCUT2D eigenvalue weighted by molar-refractivity contribution is 0.146. The largest absolute Gasteiger partial charge is 0.396 e. The summed E-state index contributed by atoms with van der Waals surface area (Å²) >= 11 is 0. The maximum absolute atomic E-state index is 12.1. The number of piperidine rings is 1. The number of carbonyl (C=O) groups excluding carboxylic acids is 1. The number of hydrogen-bond donors (Lipinski definition) is 4. The van der Waals surface area contributed by atoms with Gasteiger partial charge in [-0.2, -0.15) is 0 Å². The topological polar surface area (TPSA) is 73.4 Å². The lowest BCUT2D eigenvalue weighted by atomic mass is 9.80. The summed E-state index contributed by atoms with van der Waals surface area (Å²) in [5.41, 5.74) is -0.0372. The molecule has 0 spiro atoms. The lowest BCUT2D eigenvalue weighted by Crippen LogP contribution is -2.62. The SMILES string of the molecule is CC(C)(CCO)CNC(=O)NC1CC(C)(C)NC(C)(C)C1. The van der Waals surface area contributed by atoms with E-state index in [0.29, 0.717) is 13.0 Å². The van der Waals surface area contributed by atoms with Gasteiger partial charge in [-0.1, -0.05) is 13.8 Å². The molecule has 1 rings (SSSR count).